The van der Waals surface area contributed by atoms with Crippen molar-refractivity contribution in [2.24, 2.45) is 0 Å². The van der Waals surface area contributed by atoms with Crippen molar-refractivity contribution in [3.63, 3.8) is 0 Å². The highest BCUT2D eigenvalue weighted by molar-refractivity contribution is 6.83. The van der Waals surface area contributed by atoms with Crippen LogP contribution in [0.4, 0.5) is 0 Å². The Morgan fingerprint density at radius 1 is 1.03 bits per heavy atom. The van der Waals surface area contributed by atoms with Crippen LogP contribution in [0.2, 0.25) is 22.2 Å². The van der Waals surface area contributed by atoms with E-state index in [4.69, 9.17) is 22.8 Å². The van der Waals surface area contributed by atoms with Gasteiger partial charge in [0.2, 0.25) is 0 Å². The summed E-state index contributed by atoms with van der Waals surface area (Å²) in [6.45, 7) is 17.2. The summed E-state index contributed by atoms with van der Waals surface area (Å²) in [5.74, 6) is 5.05. The van der Waals surface area contributed by atoms with E-state index in [-0.39, 0.29) is 46.5 Å². The molecule has 2 aliphatic heterocycles. The molecule has 3 atom stereocenters. The van der Waals surface area contributed by atoms with Gasteiger partial charge in [0.1, 0.15) is 24.5 Å². The zero-order valence-corrected chi connectivity index (χ0v) is 24.1. The molecule has 0 bridgehead atoms. The Kier molecular flexibility index (Phi) is 8.69. The van der Waals surface area contributed by atoms with Gasteiger partial charge in [-0.3, -0.25) is 14.3 Å². The van der Waals surface area contributed by atoms with Crippen LogP contribution in [0.5, 0.6) is 0 Å². The molecule has 1 aromatic rings. The molecule has 9 nitrogen and oxygen atoms in total. The van der Waals surface area contributed by atoms with Crippen LogP contribution in [0, 0.1) is 11.8 Å². The number of hydrogen-bond donors (Lipinski definition) is 2. The van der Waals surface area contributed by atoms with E-state index in [1.165, 1.54) is 10.8 Å². The van der Waals surface area contributed by atoms with Gasteiger partial charge in [-0.2, -0.15) is 0 Å². The molecule has 2 aliphatic rings. The summed E-state index contributed by atoms with van der Waals surface area (Å²) >= 11 is 0. The predicted octanol–water partition coefficient (Wildman–Crippen LogP) is 3.12. The number of aromatic amines is 1. The summed E-state index contributed by atoms with van der Waals surface area (Å²) in [5, 5.41) is 8.99. The van der Waals surface area contributed by atoms with E-state index in [0.717, 1.165) is 0 Å². The van der Waals surface area contributed by atoms with Crippen molar-refractivity contribution in [1.82, 2.24) is 9.55 Å². The molecule has 3 heterocycles. The molecule has 0 radical (unpaired) electrons. The molecule has 35 heavy (non-hydrogen) atoms. The fourth-order valence-electron chi connectivity index (χ4n) is 5.23. The highest BCUT2D eigenvalue weighted by Gasteiger charge is 2.60. The number of ether oxygens (including phenoxy) is 1. The van der Waals surface area contributed by atoms with E-state index in [2.05, 4.69) is 72.2 Å². The molecular formula is C24H40N2O7Si2. The Hall–Kier alpha value is -1.53. The molecule has 0 unspecified atom stereocenters. The normalized spacial score (nSPS) is 25.9. The van der Waals surface area contributed by atoms with Crippen LogP contribution in [0.25, 0.3) is 0 Å². The van der Waals surface area contributed by atoms with Crippen molar-refractivity contribution in [1.29, 1.82) is 0 Å². The maximum Gasteiger partial charge on any atom is 0.335 e. The maximum atomic E-state index is 12.7. The van der Waals surface area contributed by atoms with Gasteiger partial charge in [-0.1, -0.05) is 67.2 Å². The Bertz CT molecular complexity index is 1050. The molecule has 2 N–H and O–H groups in total. The second-order valence-electron chi connectivity index (χ2n) is 10.7. The Morgan fingerprint density at radius 3 is 2.17 bits per heavy atom. The standard InChI is InChI=1S/C24H40N2O7Si2/c1-15(2)34(16(3)4)30-14-21-20(32-35(33-34,17(5)6)18(7)8)12-22(31-21)26-13-19(10-9-11-27)23(28)25-24(26)29/h13,15-18,20-22,27H,11-12,14H2,1-8H3,(H,25,28,29)/t20-,21+,22+/m0/s1. The third-order valence-corrected chi connectivity index (χ3v) is 17.4. The molecule has 0 aliphatic carbocycles. The SMILES string of the molecule is CC(C)[Si]1(C(C)C)OC[C@H]2O[C@@H](n3cc(C#CCO)c(=O)[nH]c3=O)C[C@@H]2O[Si](C(C)C)(C(C)C)O1. The van der Waals surface area contributed by atoms with Crippen LogP contribution in [0.1, 0.15) is 73.6 Å². The quantitative estimate of drug-likeness (QED) is 0.450. The van der Waals surface area contributed by atoms with Gasteiger partial charge in [0.25, 0.3) is 5.56 Å². The molecule has 1 aromatic heterocycles. The van der Waals surface area contributed by atoms with Crippen molar-refractivity contribution < 1.29 is 22.8 Å². The summed E-state index contributed by atoms with van der Waals surface area (Å²) in [5.41, 5.74) is -0.275. The lowest BCUT2D eigenvalue weighted by atomic mass is 10.2. The molecule has 0 spiro atoms. The minimum Gasteiger partial charge on any atom is -0.414 e. The average molecular weight is 525 g/mol. The highest BCUT2D eigenvalue weighted by Crippen LogP contribution is 2.48. The Labute approximate surface area is 209 Å². The van der Waals surface area contributed by atoms with E-state index in [0.29, 0.717) is 13.0 Å². The smallest absolute Gasteiger partial charge is 0.335 e. The average Bonchev–Trinajstić information content (AvgIpc) is 3.14. The number of H-pyrrole nitrogens is 1. The number of nitrogens with one attached hydrogen (secondary N) is 1. The van der Waals surface area contributed by atoms with Crippen molar-refractivity contribution >= 4 is 17.1 Å². The second kappa shape index (κ2) is 10.8. The van der Waals surface area contributed by atoms with Crippen LogP contribution in [-0.4, -0.2) is 57.2 Å². The van der Waals surface area contributed by atoms with Gasteiger partial charge in [0.05, 0.1) is 12.7 Å². The topological polar surface area (TPSA) is 112 Å². The lowest BCUT2D eigenvalue weighted by Gasteiger charge is -2.51. The summed E-state index contributed by atoms with van der Waals surface area (Å²) < 4.78 is 28.6. The predicted molar refractivity (Wildman–Crippen MR) is 138 cm³/mol. The van der Waals surface area contributed by atoms with Gasteiger partial charge in [0.15, 0.2) is 0 Å². The second-order valence-corrected chi connectivity index (χ2v) is 19.5. The number of aliphatic hydroxyl groups is 1. The number of aromatic nitrogens is 2. The molecule has 11 heteroatoms. The van der Waals surface area contributed by atoms with E-state index >= 15 is 0 Å². The molecule has 2 saturated heterocycles. The first-order chi connectivity index (χ1) is 16.4. The number of nitrogens with zero attached hydrogens (tertiary/aromatic N) is 1. The summed E-state index contributed by atoms with van der Waals surface area (Å²) in [6.07, 6.45) is 0.479. The molecule has 2 fully saturated rings. The zero-order valence-electron chi connectivity index (χ0n) is 22.1. The molecule has 196 valence electrons. The van der Waals surface area contributed by atoms with Crippen molar-refractivity contribution in [3.8, 4) is 11.8 Å². The fraction of sp³-hybridized carbons (Fsp3) is 0.750. The van der Waals surface area contributed by atoms with Gasteiger partial charge >= 0.3 is 22.8 Å². The third-order valence-electron chi connectivity index (χ3n) is 7.11. The van der Waals surface area contributed by atoms with Gasteiger partial charge in [-0.15, -0.1) is 0 Å². The molecule has 0 aromatic carbocycles. The van der Waals surface area contributed by atoms with Crippen LogP contribution >= 0.6 is 0 Å². The van der Waals surface area contributed by atoms with Crippen LogP contribution in [-0.2, 0) is 17.7 Å². The van der Waals surface area contributed by atoms with Gasteiger partial charge in [-0.25, -0.2) is 4.79 Å². The van der Waals surface area contributed by atoms with E-state index < -0.39 is 34.6 Å². The molecule has 0 amide bonds. The monoisotopic (exact) mass is 524 g/mol. The lowest BCUT2D eigenvalue weighted by Crippen LogP contribution is -2.65. The lowest BCUT2D eigenvalue weighted by molar-refractivity contribution is -0.0566. The number of hydrogen-bond acceptors (Lipinski definition) is 7. The van der Waals surface area contributed by atoms with E-state index in [9.17, 15) is 9.59 Å². The van der Waals surface area contributed by atoms with Crippen molar-refractivity contribution in [2.45, 2.75) is 102 Å². The first-order valence-electron chi connectivity index (χ1n) is 12.5. The number of rotatable bonds is 5. The summed E-state index contributed by atoms with van der Waals surface area (Å²) in [4.78, 5) is 27.1. The number of aliphatic hydroxyl groups excluding tert-OH is 1. The highest BCUT2D eigenvalue weighted by atomic mass is 28.5. The summed E-state index contributed by atoms with van der Waals surface area (Å²) in [6, 6.07) is 0. The van der Waals surface area contributed by atoms with Crippen molar-refractivity contribution in [3.05, 3.63) is 32.6 Å². The van der Waals surface area contributed by atoms with Gasteiger partial charge in [-0.05, 0) is 22.2 Å². The van der Waals surface area contributed by atoms with Crippen LogP contribution in [0.3, 0.4) is 0 Å². The fourth-order valence-corrected chi connectivity index (χ4v) is 16.4. The molecule has 0 saturated carbocycles. The largest absolute Gasteiger partial charge is 0.414 e. The minimum atomic E-state index is -2.79. The Morgan fingerprint density at radius 2 is 1.63 bits per heavy atom. The van der Waals surface area contributed by atoms with Gasteiger partial charge < -0.3 is 22.8 Å². The van der Waals surface area contributed by atoms with Crippen molar-refractivity contribution in [2.75, 3.05) is 13.2 Å². The van der Waals surface area contributed by atoms with Crippen LogP contribution in [0.15, 0.2) is 15.8 Å². The van der Waals surface area contributed by atoms with E-state index in [1.54, 1.807) is 0 Å². The first kappa shape index (κ1) is 28.1. The zero-order chi connectivity index (χ0) is 26.1. The third kappa shape index (κ3) is 5.29. The van der Waals surface area contributed by atoms with Crippen LogP contribution < -0.4 is 11.2 Å². The minimum absolute atomic E-state index is 0.0891. The van der Waals surface area contributed by atoms with Gasteiger partial charge in [0, 0.05) is 12.6 Å². The summed E-state index contributed by atoms with van der Waals surface area (Å²) in [7, 11) is -5.47. The Balaban J connectivity index is 2.04. The number of fused-ring (bicyclic) bond motifs is 1. The molecule has 3 rings (SSSR count). The maximum absolute atomic E-state index is 12.7. The van der Waals surface area contributed by atoms with E-state index in [1.807, 2.05) is 0 Å². The first-order valence-corrected chi connectivity index (χ1v) is 16.4. The molecular weight excluding hydrogens is 484 g/mol.